The second kappa shape index (κ2) is 7.96. The molecule has 140 valence electrons. The van der Waals surface area contributed by atoms with Crippen molar-refractivity contribution in [3.8, 4) is 17.1 Å². The van der Waals surface area contributed by atoms with Crippen molar-refractivity contribution in [2.24, 2.45) is 0 Å². The Bertz CT molecular complexity index is 981. The lowest BCUT2D eigenvalue weighted by atomic mass is 10.1. The number of hydrogen-bond acceptors (Lipinski definition) is 7. The largest absolute Gasteiger partial charge is 0.494 e. The zero-order chi connectivity index (χ0) is 19.4. The predicted octanol–water partition coefficient (Wildman–Crippen LogP) is 2.81. The van der Waals surface area contributed by atoms with Gasteiger partial charge in [-0.25, -0.2) is 18.9 Å². The summed E-state index contributed by atoms with van der Waals surface area (Å²) in [7, 11) is 1.46. The number of anilines is 2. The highest BCUT2D eigenvalue weighted by molar-refractivity contribution is 6.29. The Hall–Kier alpha value is -3.27. The smallest absolute Gasteiger partial charge is 0.358 e. The van der Waals surface area contributed by atoms with Gasteiger partial charge in [0, 0.05) is 6.07 Å². The molecule has 2 N–H and O–H groups in total. The van der Waals surface area contributed by atoms with Crippen LogP contribution < -0.4 is 10.1 Å². The molecule has 0 bridgehead atoms. The Kier molecular flexibility index (Phi) is 5.46. The van der Waals surface area contributed by atoms with Gasteiger partial charge < -0.3 is 15.2 Å². The van der Waals surface area contributed by atoms with Crippen LogP contribution in [0.5, 0.6) is 5.75 Å². The number of alkyl halides is 1. The molecule has 0 unspecified atom stereocenters. The van der Waals surface area contributed by atoms with Gasteiger partial charge in [0.2, 0.25) is 0 Å². The molecule has 0 saturated heterocycles. The van der Waals surface area contributed by atoms with E-state index in [-0.39, 0.29) is 23.1 Å². The number of nitrogens with zero attached hydrogens (tertiary/aromatic N) is 5. The molecular formula is C16H14ClFN6O3. The van der Waals surface area contributed by atoms with Gasteiger partial charge >= 0.3 is 5.97 Å². The number of carboxylic acid groups (broad SMARTS) is 1. The van der Waals surface area contributed by atoms with E-state index in [9.17, 15) is 14.3 Å². The lowest BCUT2D eigenvalue weighted by Gasteiger charge is -2.14. The number of carbonyl (C=O) groups is 1. The number of rotatable bonds is 7. The highest BCUT2D eigenvalue weighted by Crippen LogP contribution is 2.37. The fourth-order valence-corrected chi connectivity index (χ4v) is 2.56. The number of hydrogen-bond donors (Lipinski definition) is 2. The summed E-state index contributed by atoms with van der Waals surface area (Å²) >= 11 is 5.83. The minimum Gasteiger partial charge on any atom is -0.494 e. The van der Waals surface area contributed by atoms with Crippen LogP contribution in [0.2, 0.25) is 5.15 Å². The van der Waals surface area contributed by atoms with Gasteiger partial charge in [0.05, 0.1) is 30.6 Å². The molecule has 0 fully saturated rings. The molecule has 2 aromatic heterocycles. The maximum Gasteiger partial charge on any atom is 0.358 e. The number of aromatic nitrogens is 5. The second-order valence-corrected chi connectivity index (χ2v) is 5.65. The van der Waals surface area contributed by atoms with Gasteiger partial charge in [-0.15, -0.1) is 10.2 Å². The summed E-state index contributed by atoms with van der Waals surface area (Å²) in [4.78, 5) is 15.5. The van der Waals surface area contributed by atoms with E-state index in [1.165, 1.54) is 24.2 Å². The van der Waals surface area contributed by atoms with Crippen molar-refractivity contribution in [2.75, 3.05) is 19.1 Å². The lowest BCUT2D eigenvalue weighted by molar-refractivity contribution is 0.0690. The van der Waals surface area contributed by atoms with Crippen molar-refractivity contribution in [1.82, 2.24) is 25.0 Å². The van der Waals surface area contributed by atoms with Crippen LogP contribution >= 0.6 is 11.6 Å². The van der Waals surface area contributed by atoms with E-state index in [4.69, 9.17) is 16.3 Å². The van der Waals surface area contributed by atoms with E-state index in [1.807, 2.05) is 0 Å². The summed E-state index contributed by atoms with van der Waals surface area (Å²) in [6.07, 6.45) is 1.42. The fourth-order valence-electron chi connectivity index (χ4n) is 2.41. The molecular weight excluding hydrogens is 379 g/mol. The number of ether oxygens (including phenoxy) is 1. The van der Waals surface area contributed by atoms with Gasteiger partial charge in [-0.3, -0.25) is 0 Å². The Morgan fingerprint density at radius 1 is 1.37 bits per heavy atom. The van der Waals surface area contributed by atoms with Gasteiger partial charge in [0.25, 0.3) is 0 Å². The summed E-state index contributed by atoms with van der Waals surface area (Å²) < 4.78 is 19.3. The van der Waals surface area contributed by atoms with Crippen LogP contribution in [-0.4, -0.2) is 49.8 Å². The molecule has 9 nitrogen and oxygen atoms in total. The Balaban J connectivity index is 2.02. The Morgan fingerprint density at radius 3 is 2.89 bits per heavy atom. The van der Waals surface area contributed by atoms with Crippen LogP contribution in [0.3, 0.4) is 0 Å². The summed E-state index contributed by atoms with van der Waals surface area (Å²) in [5.41, 5.74) is 0.847. The van der Waals surface area contributed by atoms with Crippen LogP contribution in [-0.2, 0) is 6.54 Å². The average Bonchev–Trinajstić information content (AvgIpc) is 3.10. The maximum atomic E-state index is 12.5. The normalized spacial score (nSPS) is 10.6. The topological polar surface area (TPSA) is 115 Å². The molecule has 0 spiro atoms. The van der Waals surface area contributed by atoms with Crippen molar-refractivity contribution < 1.29 is 19.0 Å². The summed E-state index contributed by atoms with van der Waals surface area (Å²) in [6.45, 7) is -0.467. The molecule has 0 aliphatic heterocycles. The van der Waals surface area contributed by atoms with Gasteiger partial charge in [0.15, 0.2) is 22.4 Å². The van der Waals surface area contributed by atoms with E-state index in [1.54, 1.807) is 18.2 Å². The molecule has 0 saturated carbocycles. The third-order valence-corrected chi connectivity index (χ3v) is 3.73. The first-order valence-corrected chi connectivity index (χ1v) is 8.07. The Labute approximate surface area is 157 Å². The van der Waals surface area contributed by atoms with Crippen LogP contribution in [0.4, 0.5) is 15.8 Å². The number of aromatic carboxylic acids is 1. The van der Waals surface area contributed by atoms with Crippen molar-refractivity contribution in [3.63, 3.8) is 0 Å². The third kappa shape index (κ3) is 3.95. The van der Waals surface area contributed by atoms with Gasteiger partial charge in [-0.05, 0) is 12.1 Å². The third-order valence-electron chi connectivity index (χ3n) is 3.55. The minimum atomic E-state index is -1.26. The molecule has 0 aliphatic carbocycles. The summed E-state index contributed by atoms with van der Waals surface area (Å²) in [6, 6.07) is 6.47. The van der Waals surface area contributed by atoms with E-state index >= 15 is 0 Å². The molecule has 0 radical (unpaired) electrons. The van der Waals surface area contributed by atoms with Crippen LogP contribution in [0.25, 0.3) is 11.4 Å². The molecule has 0 amide bonds. The van der Waals surface area contributed by atoms with Crippen molar-refractivity contribution in [1.29, 1.82) is 0 Å². The Morgan fingerprint density at radius 2 is 2.19 bits per heavy atom. The number of nitrogens with one attached hydrogen (secondary N) is 1. The molecule has 2 heterocycles. The quantitative estimate of drug-likeness (QED) is 0.630. The molecule has 3 aromatic rings. The van der Waals surface area contributed by atoms with E-state index < -0.39 is 12.6 Å². The SMILES string of the molecule is COc1c(Nc2cc(Cl)nnc2C(=O)O)cccc1-c1ncn(CCF)n1. The van der Waals surface area contributed by atoms with Gasteiger partial charge in [-0.1, -0.05) is 17.7 Å². The lowest BCUT2D eigenvalue weighted by Crippen LogP contribution is -2.08. The van der Waals surface area contributed by atoms with E-state index in [0.29, 0.717) is 22.8 Å². The van der Waals surface area contributed by atoms with E-state index in [0.717, 1.165) is 0 Å². The first-order valence-electron chi connectivity index (χ1n) is 7.69. The van der Waals surface area contributed by atoms with Crippen LogP contribution in [0, 0.1) is 0 Å². The van der Waals surface area contributed by atoms with Crippen LogP contribution in [0.15, 0.2) is 30.6 Å². The van der Waals surface area contributed by atoms with Crippen molar-refractivity contribution >= 4 is 28.9 Å². The van der Waals surface area contributed by atoms with Crippen molar-refractivity contribution in [3.05, 3.63) is 41.4 Å². The molecule has 3 rings (SSSR count). The first-order chi connectivity index (χ1) is 13.0. The molecule has 0 aliphatic rings. The summed E-state index contributed by atoms with van der Waals surface area (Å²) in [5.74, 6) is -0.545. The van der Waals surface area contributed by atoms with Gasteiger partial charge in [0.1, 0.15) is 13.0 Å². The number of methoxy groups -OCH3 is 1. The van der Waals surface area contributed by atoms with Crippen LogP contribution in [0.1, 0.15) is 10.5 Å². The first kappa shape index (κ1) is 18.5. The second-order valence-electron chi connectivity index (χ2n) is 5.27. The molecule has 27 heavy (non-hydrogen) atoms. The number of halogens is 2. The zero-order valence-electron chi connectivity index (χ0n) is 14.1. The standard InChI is InChI=1S/C16H14ClFN6O3/c1-27-14-9(15-19-8-24(23-15)6-5-18)3-2-4-10(14)20-11-7-12(17)21-22-13(11)16(25)26/h2-4,7-8H,5-6H2,1H3,(H,20,21)(H,25,26). The van der Waals surface area contributed by atoms with Gasteiger partial charge in [-0.2, -0.15) is 5.10 Å². The monoisotopic (exact) mass is 392 g/mol. The predicted molar refractivity (Wildman–Crippen MR) is 95.3 cm³/mol. The molecule has 1 aromatic carbocycles. The number of para-hydroxylation sites is 1. The average molecular weight is 393 g/mol. The molecule has 0 atom stereocenters. The summed E-state index contributed by atoms with van der Waals surface area (Å²) in [5, 5.41) is 23.6. The fraction of sp³-hybridized carbons (Fsp3) is 0.188. The maximum absolute atomic E-state index is 12.5. The van der Waals surface area contributed by atoms with E-state index in [2.05, 4.69) is 25.6 Å². The highest BCUT2D eigenvalue weighted by atomic mass is 35.5. The number of carboxylic acids is 1. The zero-order valence-corrected chi connectivity index (χ0v) is 14.8. The molecule has 11 heteroatoms. The number of aryl methyl sites for hydroxylation is 1. The highest BCUT2D eigenvalue weighted by Gasteiger charge is 2.18. The minimum absolute atomic E-state index is 0.0317. The van der Waals surface area contributed by atoms with Crippen molar-refractivity contribution in [2.45, 2.75) is 6.54 Å². The number of benzene rings is 1.